The molecule has 0 saturated heterocycles. The molecule has 0 spiro atoms. The molecule has 104 valence electrons. The van der Waals surface area contributed by atoms with E-state index in [0.717, 1.165) is 47.7 Å². The van der Waals surface area contributed by atoms with E-state index in [1.807, 2.05) is 24.4 Å². The van der Waals surface area contributed by atoms with Gasteiger partial charge in [0.05, 0.1) is 6.26 Å². The molecule has 0 aliphatic carbocycles. The van der Waals surface area contributed by atoms with Gasteiger partial charge in [0.15, 0.2) is 5.65 Å². The first-order valence-electron chi connectivity index (χ1n) is 6.68. The third-order valence-electron chi connectivity index (χ3n) is 3.39. The lowest BCUT2D eigenvalue weighted by atomic mass is 10.3. The second kappa shape index (κ2) is 5.67. The molecule has 0 fully saturated rings. The van der Waals surface area contributed by atoms with Crippen molar-refractivity contribution < 1.29 is 4.42 Å². The topological polar surface area (TPSA) is 43.9 Å². The van der Waals surface area contributed by atoms with Crippen molar-refractivity contribution in [3.05, 3.63) is 47.8 Å². The molecule has 0 aliphatic rings. The molecule has 0 aliphatic heterocycles. The van der Waals surface area contributed by atoms with Crippen LogP contribution in [-0.4, -0.2) is 20.4 Å². The van der Waals surface area contributed by atoms with Gasteiger partial charge in [-0.25, -0.2) is 9.97 Å². The van der Waals surface area contributed by atoms with Crippen molar-refractivity contribution in [2.24, 2.45) is 0 Å². The summed E-state index contributed by atoms with van der Waals surface area (Å²) in [5, 5.41) is 0. The fourth-order valence-electron chi connectivity index (χ4n) is 2.37. The predicted octanol–water partition coefficient (Wildman–Crippen LogP) is 3.36. The number of halogens is 1. The number of alkyl halides is 1. The molecule has 0 bridgehead atoms. The highest BCUT2D eigenvalue weighted by Crippen LogP contribution is 2.19. The number of hydrogen-bond donors (Lipinski definition) is 0. The Labute approximate surface area is 122 Å². The van der Waals surface area contributed by atoms with Gasteiger partial charge in [-0.3, -0.25) is 0 Å². The van der Waals surface area contributed by atoms with E-state index in [9.17, 15) is 0 Å². The number of aromatic nitrogens is 3. The Morgan fingerprint density at radius 3 is 2.95 bits per heavy atom. The molecule has 3 rings (SSSR count). The molecule has 0 radical (unpaired) electrons. The minimum absolute atomic E-state index is 0.559. The van der Waals surface area contributed by atoms with Crippen LogP contribution in [0.5, 0.6) is 0 Å². The van der Waals surface area contributed by atoms with Crippen LogP contribution in [0.15, 0.2) is 35.1 Å². The Bertz CT molecular complexity index is 703. The Morgan fingerprint density at radius 2 is 2.20 bits per heavy atom. The summed E-state index contributed by atoms with van der Waals surface area (Å²) in [7, 11) is 0. The van der Waals surface area contributed by atoms with E-state index in [2.05, 4.69) is 21.5 Å². The fourth-order valence-corrected chi connectivity index (χ4v) is 2.54. The summed E-state index contributed by atoms with van der Waals surface area (Å²) in [5.74, 6) is 2.52. The van der Waals surface area contributed by atoms with Gasteiger partial charge in [0.25, 0.3) is 0 Å². The Balaban J connectivity index is 1.98. The first kappa shape index (κ1) is 13.2. The summed E-state index contributed by atoms with van der Waals surface area (Å²) in [6.07, 6.45) is 5.09. The van der Waals surface area contributed by atoms with Gasteiger partial charge in [-0.1, -0.05) is 0 Å². The monoisotopic (exact) mass is 289 g/mol. The van der Waals surface area contributed by atoms with Gasteiger partial charge in [0.2, 0.25) is 0 Å². The van der Waals surface area contributed by atoms with Crippen molar-refractivity contribution in [3.8, 4) is 0 Å². The fraction of sp³-hybridized carbons (Fsp3) is 0.333. The van der Waals surface area contributed by atoms with Gasteiger partial charge < -0.3 is 8.98 Å². The SMILES string of the molecule is Cc1ccnc2c1nc(CCCl)n2CCc1ccco1. The number of rotatable bonds is 5. The third-order valence-corrected chi connectivity index (χ3v) is 3.58. The summed E-state index contributed by atoms with van der Waals surface area (Å²) >= 11 is 5.88. The van der Waals surface area contributed by atoms with Crippen molar-refractivity contribution in [1.82, 2.24) is 14.5 Å². The van der Waals surface area contributed by atoms with Crippen molar-refractivity contribution in [1.29, 1.82) is 0 Å². The molecular formula is C15H16ClN3O. The van der Waals surface area contributed by atoms with Crippen LogP contribution in [-0.2, 0) is 19.4 Å². The van der Waals surface area contributed by atoms with E-state index in [1.165, 1.54) is 0 Å². The van der Waals surface area contributed by atoms with Crippen molar-refractivity contribution in [3.63, 3.8) is 0 Å². The number of furan rings is 1. The molecule has 0 atom stereocenters. The summed E-state index contributed by atoms with van der Waals surface area (Å²) in [6.45, 7) is 2.85. The van der Waals surface area contributed by atoms with Gasteiger partial charge in [0.1, 0.15) is 17.1 Å². The van der Waals surface area contributed by atoms with Gasteiger partial charge >= 0.3 is 0 Å². The average molecular weight is 290 g/mol. The van der Waals surface area contributed by atoms with Crippen LogP contribution in [0, 0.1) is 6.92 Å². The summed E-state index contributed by atoms with van der Waals surface area (Å²) in [4.78, 5) is 9.16. The maximum atomic E-state index is 5.88. The number of nitrogens with zero attached hydrogens (tertiary/aromatic N) is 3. The molecule has 20 heavy (non-hydrogen) atoms. The summed E-state index contributed by atoms with van der Waals surface area (Å²) in [6, 6.07) is 5.87. The predicted molar refractivity (Wildman–Crippen MR) is 79.1 cm³/mol. The van der Waals surface area contributed by atoms with E-state index in [4.69, 9.17) is 16.0 Å². The molecule has 0 aromatic carbocycles. The second-order valence-corrected chi connectivity index (χ2v) is 5.13. The molecule has 4 nitrogen and oxygen atoms in total. The largest absolute Gasteiger partial charge is 0.469 e. The van der Waals surface area contributed by atoms with Gasteiger partial charge in [-0.05, 0) is 30.7 Å². The number of imidazole rings is 1. The molecular weight excluding hydrogens is 274 g/mol. The van der Waals surface area contributed by atoms with Crippen LogP contribution in [0.3, 0.4) is 0 Å². The zero-order chi connectivity index (χ0) is 13.9. The molecule has 0 amide bonds. The van der Waals surface area contributed by atoms with Crippen molar-refractivity contribution in [2.45, 2.75) is 26.3 Å². The zero-order valence-electron chi connectivity index (χ0n) is 11.3. The maximum absolute atomic E-state index is 5.88. The lowest BCUT2D eigenvalue weighted by molar-refractivity contribution is 0.490. The Kier molecular flexibility index (Phi) is 3.74. The molecule has 5 heteroatoms. The minimum atomic E-state index is 0.559. The van der Waals surface area contributed by atoms with E-state index < -0.39 is 0 Å². The van der Waals surface area contributed by atoms with Crippen molar-refractivity contribution in [2.75, 3.05) is 5.88 Å². The van der Waals surface area contributed by atoms with E-state index in [-0.39, 0.29) is 0 Å². The quantitative estimate of drug-likeness (QED) is 0.677. The molecule has 0 N–H and O–H groups in total. The average Bonchev–Trinajstić information content (AvgIpc) is 3.05. The normalized spacial score (nSPS) is 11.3. The third kappa shape index (κ3) is 2.43. The highest BCUT2D eigenvalue weighted by Gasteiger charge is 2.13. The number of aryl methyl sites for hydroxylation is 4. The number of fused-ring (bicyclic) bond motifs is 1. The molecule has 0 saturated carbocycles. The van der Waals surface area contributed by atoms with Crippen LogP contribution in [0.25, 0.3) is 11.2 Å². The molecule has 3 aromatic rings. The number of pyridine rings is 1. The Hall–Kier alpha value is -1.81. The Morgan fingerprint density at radius 1 is 1.30 bits per heavy atom. The maximum Gasteiger partial charge on any atom is 0.160 e. The van der Waals surface area contributed by atoms with Gasteiger partial charge in [-0.15, -0.1) is 11.6 Å². The van der Waals surface area contributed by atoms with Crippen LogP contribution < -0.4 is 0 Å². The van der Waals surface area contributed by atoms with E-state index in [1.54, 1.807) is 6.26 Å². The van der Waals surface area contributed by atoms with Crippen molar-refractivity contribution >= 4 is 22.8 Å². The minimum Gasteiger partial charge on any atom is -0.469 e. The molecule has 3 heterocycles. The molecule has 0 unspecified atom stereocenters. The summed E-state index contributed by atoms with van der Waals surface area (Å²) in [5.41, 5.74) is 3.03. The van der Waals surface area contributed by atoms with E-state index >= 15 is 0 Å². The number of hydrogen-bond acceptors (Lipinski definition) is 3. The lowest BCUT2D eigenvalue weighted by Gasteiger charge is -2.06. The first-order chi connectivity index (χ1) is 9.79. The smallest absolute Gasteiger partial charge is 0.160 e. The highest BCUT2D eigenvalue weighted by atomic mass is 35.5. The highest BCUT2D eigenvalue weighted by molar-refractivity contribution is 6.17. The standard InChI is InChI=1S/C15H16ClN3O/c1-11-5-8-17-15-14(11)18-13(4-7-16)19(15)9-6-12-3-2-10-20-12/h2-3,5,8,10H,4,6-7,9H2,1H3. The first-order valence-corrected chi connectivity index (χ1v) is 7.22. The van der Waals surface area contributed by atoms with Crippen LogP contribution in [0.1, 0.15) is 17.1 Å². The van der Waals surface area contributed by atoms with Gasteiger partial charge in [0, 0.05) is 31.5 Å². The van der Waals surface area contributed by atoms with Crippen LogP contribution in [0.4, 0.5) is 0 Å². The van der Waals surface area contributed by atoms with Gasteiger partial charge in [-0.2, -0.15) is 0 Å². The second-order valence-electron chi connectivity index (χ2n) is 4.75. The molecule has 3 aromatic heterocycles. The zero-order valence-corrected chi connectivity index (χ0v) is 12.1. The van der Waals surface area contributed by atoms with Crippen LogP contribution >= 0.6 is 11.6 Å². The van der Waals surface area contributed by atoms with E-state index in [0.29, 0.717) is 5.88 Å². The van der Waals surface area contributed by atoms with Crippen LogP contribution in [0.2, 0.25) is 0 Å². The summed E-state index contributed by atoms with van der Waals surface area (Å²) < 4.78 is 7.53. The lowest BCUT2D eigenvalue weighted by Crippen LogP contribution is -2.07.